The number of benzene rings is 3. The highest BCUT2D eigenvalue weighted by atomic mass is 32.1. The second kappa shape index (κ2) is 10.7. The van der Waals surface area contributed by atoms with Gasteiger partial charge in [0.05, 0.1) is 40.2 Å². The summed E-state index contributed by atoms with van der Waals surface area (Å²) in [6.07, 6.45) is -0.831. The molecular formula is C29H23N5O3S. The summed E-state index contributed by atoms with van der Waals surface area (Å²) >= 11 is 1.32. The van der Waals surface area contributed by atoms with Gasteiger partial charge in [0.15, 0.2) is 0 Å². The number of hydrogen-bond donors (Lipinski definition) is 2. The molecule has 0 radical (unpaired) electrons. The normalized spacial score (nSPS) is 11.6. The van der Waals surface area contributed by atoms with Crippen molar-refractivity contribution in [3.8, 4) is 6.07 Å². The van der Waals surface area contributed by atoms with Crippen molar-refractivity contribution in [2.24, 2.45) is 0 Å². The van der Waals surface area contributed by atoms with Gasteiger partial charge < -0.3 is 14.6 Å². The monoisotopic (exact) mass is 521 g/mol. The molecule has 8 nitrogen and oxygen atoms in total. The molecule has 38 heavy (non-hydrogen) atoms. The number of nitrogens with zero attached hydrogens (tertiary/aromatic N) is 4. The molecular weight excluding hydrogens is 498 g/mol. The van der Waals surface area contributed by atoms with Crippen molar-refractivity contribution in [1.82, 2.24) is 9.55 Å². The third kappa shape index (κ3) is 5.04. The number of nitriles is 1. The Morgan fingerprint density at radius 2 is 1.89 bits per heavy atom. The topological polar surface area (TPSA) is 111 Å². The lowest BCUT2D eigenvalue weighted by atomic mass is 10.1. The Labute approximate surface area is 223 Å². The minimum atomic E-state index is -0.831. The van der Waals surface area contributed by atoms with Gasteiger partial charge in [0, 0.05) is 18.3 Å². The van der Waals surface area contributed by atoms with E-state index in [1.54, 1.807) is 60.1 Å². The summed E-state index contributed by atoms with van der Waals surface area (Å²) in [5, 5.41) is 24.8. The summed E-state index contributed by atoms with van der Waals surface area (Å²) < 4.78 is 1.76. The SMILES string of the molecule is CN(C(=O)c1cccc(C#N)c1)c1ccc2c(c1)nc(NC(=O)c1cccs1)n2C[C@H](O)c1ccccc1. The van der Waals surface area contributed by atoms with Crippen LogP contribution in [-0.4, -0.2) is 33.5 Å². The lowest BCUT2D eigenvalue weighted by molar-refractivity contribution is 0.0991. The van der Waals surface area contributed by atoms with Crippen molar-refractivity contribution in [3.63, 3.8) is 0 Å². The zero-order valence-electron chi connectivity index (χ0n) is 20.4. The summed E-state index contributed by atoms with van der Waals surface area (Å²) in [6.45, 7) is 0.162. The molecule has 0 aliphatic rings. The van der Waals surface area contributed by atoms with E-state index in [0.717, 1.165) is 5.56 Å². The van der Waals surface area contributed by atoms with Crippen molar-refractivity contribution < 1.29 is 14.7 Å². The Bertz CT molecular complexity index is 1660. The molecule has 0 fully saturated rings. The molecule has 2 aromatic heterocycles. The molecule has 0 aliphatic heterocycles. The number of carbonyl (C=O) groups is 2. The predicted octanol–water partition coefficient (Wildman–Crippen LogP) is 5.23. The summed E-state index contributed by atoms with van der Waals surface area (Å²) in [5.41, 5.74) is 3.38. The number of amides is 2. The van der Waals surface area contributed by atoms with E-state index in [1.807, 2.05) is 47.8 Å². The maximum absolute atomic E-state index is 13.1. The molecule has 0 spiro atoms. The maximum Gasteiger partial charge on any atom is 0.268 e. The summed E-state index contributed by atoms with van der Waals surface area (Å²) in [5.74, 6) is -0.275. The van der Waals surface area contributed by atoms with Crippen LogP contribution in [-0.2, 0) is 6.54 Å². The fourth-order valence-corrected chi connectivity index (χ4v) is 4.78. The molecule has 0 saturated heterocycles. The molecule has 0 aliphatic carbocycles. The zero-order valence-corrected chi connectivity index (χ0v) is 21.2. The van der Waals surface area contributed by atoms with E-state index in [1.165, 1.54) is 16.2 Å². The van der Waals surface area contributed by atoms with Crippen molar-refractivity contribution in [3.05, 3.63) is 112 Å². The van der Waals surface area contributed by atoms with Gasteiger partial charge in [0.25, 0.3) is 11.8 Å². The molecule has 0 saturated carbocycles. The number of nitrogens with one attached hydrogen (secondary N) is 1. The Hall–Kier alpha value is -4.78. The number of thiophene rings is 1. The molecule has 5 aromatic rings. The maximum atomic E-state index is 13.1. The van der Waals surface area contributed by atoms with Crippen LogP contribution in [0, 0.1) is 11.3 Å². The Kier molecular flexibility index (Phi) is 7.00. The van der Waals surface area contributed by atoms with Crippen LogP contribution in [0.15, 0.2) is 90.3 Å². The number of aromatic nitrogens is 2. The van der Waals surface area contributed by atoms with Gasteiger partial charge in [0.1, 0.15) is 0 Å². The molecule has 2 amide bonds. The third-order valence-electron chi connectivity index (χ3n) is 6.17. The average Bonchev–Trinajstić information content (AvgIpc) is 3.61. The van der Waals surface area contributed by atoms with Gasteiger partial charge in [-0.2, -0.15) is 5.26 Å². The van der Waals surface area contributed by atoms with Crippen LogP contribution >= 0.6 is 11.3 Å². The number of carbonyl (C=O) groups excluding carboxylic acids is 2. The van der Waals surface area contributed by atoms with E-state index in [0.29, 0.717) is 38.7 Å². The molecule has 2 N–H and O–H groups in total. The van der Waals surface area contributed by atoms with Gasteiger partial charge >= 0.3 is 0 Å². The highest BCUT2D eigenvalue weighted by Gasteiger charge is 2.20. The highest BCUT2D eigenvalue weighted by molar-refractivity contribution is 7.12. The van der Waals surface area contributed by atoms with Gasteiger partial charge in [-0.05, 0) is 53.4 Å². The first-order valence-electron chi connectivity index (χ1n) is 11.8. The third-order valence-corrected chi connectivity index (χ3v) is 7.04. The fraction of sp³-hybridized carbons (Fsp3) is 0.103. The van der Waals surface area contributed by atoms with Gasteiger partial charge in [-0.3, -0.25) is 14.9 Å². The van der Waals surface area contributed by atoms with Gasteiger partial charge in [-0.15, -0.1) is 11.3 Å². The van der Waals surface area contributed by atoms with E-state index in [4.69, 9.17) is 0 Å². The number of imidazole rings is 1. The minimum Gasteiger partial charge on any atom is -0.387 e. The van der Waals surface area contributed by atoms with Crippen molar-refractivity contribution in [2.45, 2.75) is 12.6 Å². The van der Waals surface area contributed by atoms with E-state index in [2.05, 4.69) is 10.3 Å². The first-order chi connectivity index (χ1) is 18.4. The van der Waals surface area contributed by atoms with Crippen molar-refractivity contribution >= 4 is 45.8 Å². The largest absolute Gasteiger partial charge is 0.387 e. The quantitative estimate of drug-likeness (QED) is 0.305. The fourth-order valence-electron chi connectivity index (χ4n) is 4.16. The van der Waals surface area contributed by atoms with E-state index >= 15 is 0 Å². The van der Waals surface area contributed by atoms with Crippen LogP contribution < -0.4 is 10.2 Å². The van der Waals surface area contributed by atoms with E-state index in [-0.39, 0.29) is 18.4 Å². The molecule has 9 heteroatoms. The molecule has 3 aromatic carbocycles. The lowest BCUT2D eigenvalue weighted by Crippen LogP contribution is -2.26. The predicted molar refractivity (Wildman–Crippen MR) is 147 cm³/mol. The van der Waals surface area contributed by atoms with Crippen LogP contribution in [0.25, 0.3) is 11.0 Å². The molecule has 1 atom stereocenters. The molecule has 0 bridgehead atoms. The second-order valence-corrected chi connectivity index (χ2v) is 9.58. The number of rotatable bonds is 7. The van der Waals surface area contributed by atoms with Crippen molar-refractivity contribution in [1.29, 1.82) is 5.26 Å². The highest BCUT2D eigenvalue weighted by Crippen LogP contribution is 2.28. The lowest BCUT2D eigenvalue weighted by Gasteiger charge is -2.18. The molecule has 5 rings (SSSR count). The number of fused-ring (bicyclic) bond motifs is 1. The molecule has 0 unspecified atom stereocenters. The number of anilines is 2. The van der Waals surface area contributed by atoms with Gasteiger partial charge in [-0.1, -0.05) is 42.5 Å². The van der Waals surface area contributed by atoms with Crippen LogP contribution in [0.3, 0.4) is 0 Å². The first kappa shape index (κ1) is 24.9. The summed E-state index contributed by atoms with van der Waals surface area (Å²) in [6, 6.07) is 26.7. The first-order valence-corrected chi connectivity index (χ1v) is 12.7. The van der Waals surface area contributed by atoms with Crippen molar-refractivity contribution in [2.75, 3.05) is 17.3 Å². The smallest absolute Gasteiger partial charge is 0.268 e. The number of hydrogen-bond acceptors (Lipinski definition) is 6. The van der Waals surface area contributed by atoms with Gasteiger partial charge in [0.2, 0.25) is 5.95 Å². The number of aliphatic hydroxyl groups is 1. The van der Waals surface area contributed by atoms with Crippen LogP contribution in [0.4, 0.5) is 11.6 Å². The molecule has 188 valence electrons. The summed E-state index contributed by atoms with van der Waals surface area (Å²) in [7, 11) is 1.65. The minimum absolute atomic E-state index is 0.162. The van der Waals surface area contributed by atoms with E-state index < -0.39 is 6.10 Å². The molecule has 2 heterocycles. The standard InChI is InChI=1S/C29H23N5O3S/c1-33(28(37)21-10-5-7-19(15-21)17-30)22-12-13-24-23(16-22)31-29(32-27(36)26-11-6-14-38-26)34(24)18-25(35)20-8-3-2-4-9-20/h2-16,25,35H,18H2,1H3,(H,31,32,36)/t25-/m0/s1. The second-order valence-electron chi connectivity index (χ2n) is 8.63. The Morgan fingerprint density at radius 1 is 1.08 bits per heavy atom. The van der Waals surface area contributed by atoms with E-state index in [9.17, 15) is 20.0 Å². The Balaban J connectivity index is 1.50. The average molecular weight is 522 g/mol. The van der Waals surface area contributed by atoms with Gasteiger partial charge in [-0.25, -0.2) is 4.98 Å². The summed E-state index contributed by atoms with van der Waals surface area (Å²) in [4.78, 5) is 32.6. The Morgan fingerprint density at radius 3 is 2.63 bits per heavy atom. The van der Waals surface area contributed by atoms with Crippen LogP contribution in [0.1, 0.15) is 37.3 Å². The zero-order chi connectivity index (χ0) is 26.6. The van der Waals surface area contributed by atoms with Crippen LogP contribution in [0.5, 0.6) is 0 Å². The number of aliphatic hydroxyl groups excluding tert-OH is 1. The van der Waals surface area contributed by atoms with Crippen LogP contribution in [0.2, 0.25) is 0 Å².